The highest BCUT2D eigenvalue weighted by Crippen LogP contribution is 2.25. The average Bonchev–Trinajstić information content (AvgIpc) is 2.88. The van der Waals surface area contributed by atoms with E-state index in [1.54, 1.807) is 18.6 Å². The highest BCUT2D eigenvalue weighted by atomic mass is 19.1. The van der Waals surface area contributed by atoms with Gasteiger partial charge in [0.05, 0.1) is 5.52 Å². The number of aromatic nitrogens is 4. The monoisotopic (exact) mass is 324 g/mol. The molecule has 122 valence electrons. The van der Waals surface area contributed by atoms with E-state index in [9.17, 15) is 4.39 Å². The first kappa shape index (κ1) is 14.7. The van der Waals surface area contributed by atoms with Crippen LogP contribution in [0.25, 0.3) is 10.9 Å². The maximum Gasteiger partial charge on any atom is 0.151 e. The van der Waals surface area contributed by atoms with E-state index in [-0.39, 0.29) is 5.82 Å². The van der Waals surface area contributed by atoms with Gasteiger partial charge in [0.1, 0.15) is 18.0 Å². The Labute approximate surface area is 139 Å². The molecular weight excluding hydrogens is 307 g/mol. The number of benzene rings is 1. The zero-order chi connectivity index (χ0) is 16.4. The number of fused-ring (bicyclic) bond motifs is 1. The number of rotatable bonds is 2. The Kier molecular flexibility index (Phi) is 3.90. The SMILES string of the molecule is Fc1ccc2ncnc(N3CCCN(c4cccnn4)CC3)c2c1. The van der Waals surface area contributed by atoms with E-state index in [1.807, 2.05) is 12.1 Å². The van der Waals surface area contributed by atoms with Crippen LogP contribution in [0.4, 0.5) is 16.0 Å². The summed E-state index contributed by atoms with van der Waals surface area (Å²) in [6, 6.07) is 8.50. The van der Waals surface area contributed by atoms with Crippen LogP contribution in [0.1, 0.15) is 6.42 Å². The lowest BCUT2D eigenvalue weighted by molar-refractivity contribution is 0.629. The molecule has 0 aliphatic carbocycles. The Hall–Kier alpha value is -2.83. The van der Waals surface area contributed by atoms with E-state index >= 15 is 0 Å². The van der Waals surface area contributed by atoms with E-state index in [1.165, 1.54) is 12.1 Å². The van der Waals surface area contributed by atoms with Crippen LogP contribution in [-0.4, -0.2) is 46.3 Å². The van der Waals surface area contributed by atoms with Gasteiger partial charge in [0.2, 0.25) is 0 Å². The number of hydrogen-bond acceptors (Lipinski definition) is 6. The first-order valence-electron chi connectivity index (χ1n) is 7.99. The largest absolute Gasteiger partial charge is 0.354 e. The third kappa shape index (κ3) is 2.84. The fourth-order valence-electron chi connectivity index (χ4n) is 3.09. The van der Waals surface area contributed by atoms with Gasteiger partial charge in [0.15, 0.2) is 5.82 Å². The van der Waals surface area contributed by atoms with Gasteiger partial charge in [-0.1, -0.05) is 0 Å². The van der Waals surface area contributed by atoms with E-state index in [0.29, 0.717) is 0 Å². The van der Waals surface area contributed by atoms with Gasteiger partial charge in [-0.25, -0.2) is 14.4 Å². The van der Waals surface area contributed by atoms with Crippen molar-refractivity contribution < 1.29 is 4.39 Å². The van der Waals surface area contributed by atoms with Crippen molar-refractivity contribution in [1.82, 2.24) is 20.2 Å². The van der Waals surface area contributed by atoms with Gasteiger partial charge >= 0.3 is 0 Å². The maximum absolute atomic E-state index is 13.6. The van der Waals surface area contributed by atoms with Crippen LogP contribution < -0.4 is 9.80 Å². The number of hydrogen-bond donors (Lipinski definition) is 0. The second-order valence-electron chi connectivity index (χ2n) is 5.77. The van der Waals surface area contributed by atoms with Crippen molar-refractivity contribution in [3.05, 3.63) is 48.7 Å². The molecule has 1 aromatic carbocycles. The van der Waals surface area contributed by atoms with Gasteiger partial charge in [0, 0.05) is 37.8 Å². The highest BCUT2D eigenvalue weighted by Gasteiger charge is 2.19. The summed E-state index contributed by atoms with van der Waals surface area (Å²) < 4.78 is 13.6. The van der Waals surface area contributed by atoms with E-state index < -0.39 is 0 Å². The molecule has 3 heterocycles. The van der Waals surface area contributed by atoms with Crippen LogP contribution in [0.2, 0.25) is 0 Å². The molecule has 3 aromatic rings. The van der Waals surface area contributed by atoms with Crippen molar-refractivity contribution in [2.24, 2.45) is 0 Å². The summed E-state index contributed by atoms with van der Waals surface area (Å²) >= 11 is 0. The Bertz CT molecular complexity index is 841. The normalized spacial score (nSPS) is 15.5. The van der Waals surface area contributed by atoms with Crippen LogP contribution in [0, 0.1) is 5.82 Å². The fourth-order valence-corrected chi connectivity index (χ4v) is 3.09. The fraction of sp³-hybridized carbons (Fsp3) is 0.294. The molecule has 2 aromatic heterocycles. The zero-order valence-corrected chi connectivity index (χ0v) is 13.1. The molecule has 1 fully saturated rings. The molecule has 0 amide bonds. The first-order chi connectivity index (χ1) is 11.8. The Balaban J connectivity index is 1.61. The standard InChI is InChI=1S/C17H17FN6/c18-13-4-5-15-14(11-13)17(20-12-19-15)24-8-2-7-23(9-10-24)16-3-1-6-21-22-16/h1,3-6,11-12H,2,7-10H2. The van der Waals surface area contributed by atoms with Crippen LogP contribution in [0.15, 0.2) is 42.9 Å². The number of halogens is 1. The van der Waals surface area contributed by atoms with Crippen LogP contribution in [-0.2, 0) is 0 Å². The Morgan fingerprint density at radius 2 is 1.83 bits per heavy atom. The molecule has 0 atom stereocenters. The smallest absolute Gasteiger partial charge is 0.151 e. The molecule has 1 aliphatic heterocycles. The third-order valence-corrected chi connectivity index (χ3v) is 4.25. The first-order valence-corrected chi connectivity index (χ1v) is 7.99. The van der Waals surface area contributed by atoms with E-state index in [2.05, 4.69) is 30.0 Å². The molecule has 7 heteroatoms. The van der Waals surface area contributed by atoms with Crippen LogP contribution >= 0.6 is 0 Å². The molecule has 4 rings (SSSR count). The van der Waals surface area contributed by atoms with Crippen molar-refractivity contribution in [2.75, 3.05) is 36.0 Å². The Morgan fingerprint density at radius 1 is 0.958 bits per heavy atom. The number of nitrogens with zero attached hydrogens (tertiary/aromatic N) is 6. The second-order valence-corrected chi connectivity index (χ2v) is 5.77. The molecule has 0 spiro atoms. The van der Waals surface area contributed by atoms with Crippen LogP contribution in [0.5, 0.6) is 0 Å². The summed E-state index contributed by atoms with van der Waals surface area (Å²) in [7, 11) is 0. The van der Waals surface area contributed by atoms with Gasteiger partial charge in [-0.2, -0.15) is 5.10 Å². The van der Waals surface area contributed by atoms with Gasteiger partial charge in [0.25, 0.3) is 0 Å². The van der Waals surface area contributed by atoms with Gasteiger partial charge in [-0.05, 0) is 36.8 Å². The molecule has 0 bridgehead atoms. The van der Waals surface area contributed by atoms with Gasteiger partial charge in [-0.3, -0.25) is 0 Å². The molecule has 1 saturated heterocycles. The van der Waals surface area contributed by atoms with Crippen LogP contribution in [0.3, 0.4) is 0 Å². The van der Waals surface area contributed by atoms with Crippen molar-refractivity contribution in [1.29, 1.82) is 0 Å². The van der Waals surface area contributed by atoms with E-state index in [0.717, 1.165) is 55.1 Å². The molecular formula is C17H17FN6. The predicted molar refractivity (Wildman–Crippen MR) is 90.6 cm³/mol. The van der Waals surface area contributed by atoms with Crippen molar-refractivity contribution >= 4 is 22.5 Å². The quantitative estimate of drug-likeness (QED) is 0.721. The average molecular weight is 324 g/mol. The molecule has 0 unspecified atom stereocenters. The zero-order valence-electron chi connectivity index (χ0n) is 13.1. The summed E-state index contributed by atoms with van der Waals surface area (Å²) in [4.78, 5) is 13.1. The summed E-state index contributed by atoms with van der Waals surface area (Å²) in [6.45, 7) is 3.38. The van der Waals surface area contributed by atoms with Gasteiger partial charge < -0.3 is 9.80 Å². The topological polar surface area (TPSA) is 58.0 Å². The predicted octanol–water partition coefficient (Wildman–Crippen LogP) is 2.28. The summed E-state index contributed by atoms with van der Waals surface area (Å²) in [6.07, 6.45) is 4.19. The third-order valence-electron chi connectivity index (χ3n) is 4.25. The molecule has 0 N–H and O–H groups in total. The minimum absolute atomic E-state index is 0.269. The minimum Gasteiger partial charge on any atom is -0.354 e. The van der Waals surface area contributed by atoms with Crippen molar-refractivity contribution in [3.63, 3.8) is 0 Å². The Morgan fingerprint density at radius 3 is 2.71 bits per heavy atom. The molecule has 1 aliphatic rings. The lowest BCUT2D eigenvalue weighted by Gasteiger charge is -2.23. The molecule has 0 radical (unpaired) electrons. The summed E-state index contributed by atoms with van der Waals surface area (Å²) in [5.74, 6) is 1.41. The lowest BCUT2D eigenvalue weighted by atomic mass is 10.2. The van der Waals surface area contributed by atoms with Crippen molar-refractivity contribution in [2.45, 2.75) is 6.42 Å². The van der Waals surface area contributed by atoms with Gasteiger partial charge in [-0.15, -0.1) is 5.10 Å². The second kappa shape index (κ2) is 6.35. The summed E-state index contributed by atoms with van der Waals surface area (Å²) in [5, 5.41) is 8.89. The summed E-state index contributed by atoms with van der Waals surface area (Å²) in [5.41, 5.74) is 0.761. The highest BCUT2D eigenvalue weighted by molar-refractivity contribution is 5.89. The maximum atomic E-state index is 13.6. The lowest BCUT2D eigenvalue weighted by Crippen LogP contribution is -2.31. The number of anilines is 2. The minimum atomic E-state index is -0.269. The molecule has 0 saturated carbocycles. The molecule has 24 heavy (non-hydrogen) atoms. The van der Waals surface area contributed by atoms with E-state index in [4.69, 9.17) is 0 Å². The molecule has 6 nitrogen and oxygen atoms in total. The van der Waals surface area contributed by atoms with Crippen molar-refractivity contribution in [3.8, 4) is 0 Å².